The Labute approximate surface area is 152 Å². The first kappa shape index (κ1) is 17.4. The summed E-state index contributed by atoms with van der Waals surface area (Å²) >= 11 is 0. The van der Waals surface area contributed by atoms with Gasteiger partial charge in [0.2, 0.25) is 5.95 Å². The van der Waals surface area contributed by atoms with Crippen molar-refractivity contribution in [3.63, 3.8) is 0 Å². The van der Waals surface area contributed by atoms with Crippen LogP contribution in [0.1, 0.15) is 16.1 Å². The number of ether oxygens (including phenoxy) is 1. The van der Waals surface area contributed by atoms with Crippen molar-refractivity contribution in [2.45, 2.75) is 6.42 Å². The Balaban J connectivity index is 1.62. The van der Waals surface area contributed by atoms with Gasteiger partial charge in [-0.1, -0.05) is 42.5 Å². The second-order valence-corrected chi connectivity index (χ2v) is 5.58. The van der Waals surface area contributed by atoms with E-state index >= 15 is 0 Å². The van der Waals surface area contributed by atoms with Crippen LogP contribution in [-0.2, 0) is 6.42 Å². The third-order valence-electron chi connectivity index (χ3n) is 3.78. The highest BCUT2D eigenvalue weighted by Gasteiger charge is 2.11. The first-order valence-corrected chi connectivity index (χ1v) is 8.31. The Bertz CT molecular complexity index is 868. The highest BCUT2D eigenvalue weighted by Crippen LogP contribution is 2.23. The van der Waals surface area contributed by atoms with Crippen LogP contribution >= 0.6 is 0 Å². The quantitative estimate of drug-likeness (QED) is 0.684. The lowest BCUT2D eigenvalue weighted by Crippen LogP contribution is -2.16. The van der Waals surface area contributed by atoms with Gasteiger partial charge in [0.25, 0.3) is 5.91 Å². The number of nitrogens with zero attached hydrogens (tertiary/aromatic N) is 2. The molecule has 1 heterocycles. The van der Waals surface area contributed by atoms with Gasteiger partial charge in [-0.15, -0.1) is 0 Å². The second-order valence-electron chi connectivity index (χ2n) is 5.58. The van der Waals surface area contributed by atoms with Gasteiger partial charge in [0, 0.05) is 12.7 Å². The molecule has 0 saturated heterocycles. The molecule has 3 aromatic rings. The minimum absolute atomic E-state index is 0.285. The minimum atomic E-state index is -0.317. The first-order chi connectivity index (χ1) is 12.8. The molecule has 1 amide bonds. The number of nitrogens with one attached hydrogen (secondary N) is 2. The van der Waals surface area contributed by atoms with Crippen molar-refractivity contribution >= 4 is 17.5 Å². The topological polar surface area (TPSA) is 76.1 Å². The number of rotatable bonds is 7. The molecule has 26 heavy (non-hydrogen) atoms. The summed E-state index contributed by atoms with van der Waals surface area (Å²) in [7, 11) is 1.56. The van der Waals surface area contributed by atoms with E-state index in [1.54, 1.807) is 31.5 Å². The Morgan fingerprint density at radius 3 is 2.62 bits per heavy atom. The Kier molecular flexibility index (Phi) is 5.77. The summed E-state index contributed by atoms with van der Waals surface area (Å²) in [5, 5.41) is 5.95. The molecule has 0 aliphatic carbocycles. The van der Waals surface area contributed by atoms with Crippen molar-refractivity contribution in [2.24, 2.45) is 0 Å². The van der Waals surface area contributed by atoms with Crippen LogP contribution < -0.4 is 15.4 Å². The molecule has 6 nitrogen and oxygen atoms in total. The van der Waals surface area contributed by atoms with Gasteiger partial charge in [-0.05, 0) is 30.2 Å². The predicted molar refractivity (Wildman–Crippen MR) is 102 cm³/mol. The van der Waals surface area contributed by atoms with Crippen LogP contribution in [0.25, 0.3) is 0 Å². The fourth-order valence-electron chi connectivity index (χ4n) is 2.47. The maximum Gasteiger partial charge on any atom is 0.274 e. The minimum Gasteiger partial charge on any atom is -0.495 e. The molecule has 0 aliphatic heterocycles. The number of anilines is 2. The van der Waals surface area contributed by atoms with Crippen LogP contribution in [0, 0.1) is 0 Å². The molecule has 2 N–H and O–H groups in total. The van der Waals surface area contributed by atoms with Crippen LogP contribution in [0.5, 0.6) is 5.75 Å². The zero-order chi connectivity index (χ0) is 18.2. The van der Waals surface area contributed by atoms with Crippen molar-refractivity contribution in [1.82, 2.24) is 9.97 Å². The van der Waals surface area contributed by atoms with E-state index in [2.05, 4.69) is 32.7 Å². The van der Waals surface area contributed by atoms with E-state index in [4.69, 9.17) is 4.74 Å². The SMILES string of the molecule is COc1ccccc1NC(=O)c1ccnc(NCCc2ccccc2)n1. The van der Waals surface area contributed by atoms with Crippen molar-refractivity contribution in [3.05, 3.63) is 78.1 Å². The summed E-state index contributed by atoms with van der Waals surface area (Å²) < 4.78 is 5.24. The fourth-order valence-corrected chi connectivity index (χ4v) is 2.47. The second kappa shape index (κ2) is 8.62. The van der Waals surface area contributed by atoms with Crippen LogP contribution in [0.15, 0.2) is 66.9 Å². The van der Waals surface area contributed by atoms with E-state index < -0.39 is 0 Å². The van der Waals surface area contributed by atoms with Gasteiger partial charge in [-0.25, -0.2) is 9.97 Å². The smallest absolute Gasteiger partial charge is 0.274 e. The number of carbonyl (C=O) groups is 1. The maximum atomic E-state index is 12.4. The van der Waals surface area contributed by atoms with Crippen molar-refractivity contribution < 1.29 is 9.53 Å². The number of amides is 1. The molecule has 0 bridgehead atoms. The number of hydrogen-bond donors (Lipinski definition) is 2. The van der Waals surface area contributed by atoms with E-state index in [9.17, 15) is 4.79 Å². The fraction of sp³-hybridized carbons (Fsp3) is 0.150. The molecule has 1 aromatic heterocycles. The van der Waals surface area contributed by atoms with Gasteiger partial charge in [0.15, 0.2) is 0 Å². The zero-order valence-electron chi connectivity index (χ0n) is 14.5. The van der Waals surface area contributed by atoms with E-state index in [-0.39, 0.29) is 11.6 Å². The zero-order valence-corrected chi connectivity index (χ0v) is 14.5. The molecule has 6 heteroatoms. The maximum absolute atomic E-state index is 12.4. The third kappa shape index (κ3) is 4.57. The van der Waals surface area contributed by atoms with Gasteiger partial charge >= 0.3 is 0 Å². The van der Waals surface area contributed by atoms with Crippen LogP contribution in [0.2, 0.25) is 0 Å². The Hall–Kier alpha value is -3.41. The molecule has 2 aromatic carbocycles. The lowest BCUT2D eigenvalue weighted by Gasteiger charge is -2.10. The van der Waals surface area contributed by atoms with Crippen LogP contribution in [0.3, 0.4) is 0 Å². The van der Waals surface area contributed by atoms with Gasteiger partial charge in [-0.2, -0.15) is 0 Å². The number of methoxy groups -OCH3 is 1. The highest BCUT2D eigenvalue weighted by atomic mass is 16.5. The summed E-state index contributed by atoms with van der Waals surface area (Å²) in [6, 6.07) is 18.9. The number of para-hydroxylation sites is 2. The molecular formula is C20H20N4O2. The van der Waals surface area contributed by atoms with E-state index in [1.165, 1.54) is 5.56 Å². The summed E-state index contributed by atoms with van der Waals surface area (Å²) in [6.45, 7) is 0.682. The number of aromatic nitrogens is 2. The lowest BCUT2D eigenvalue weighted by molar-refractivity contribution is 0.102. The summed E-state index contributed by atoms with van der Waals surface area (Å²) in [4.78, 5) is 20.9. The summed E-state index contributed by atoms with van der Waals surface area (Å²) in [5.74, 6) is 0.702. The largest absolute Gasteiger partial charge is 0.495 e. The van der Waals surface area contributed by atoms with Gasteiger partial charge in [-0.3, -0.25) is 4.79 Å². The molecule has 0 fully saturated rings. The number of carbonyl (C=O) groups excluding carboxylic acids is 1. The summed E-state index contributed by atoms with van der Waals surface area (Å²) in [6.07, 6.45) is 2.41. The van der Waals surface area contributed by atoms with Gasteiger partial charge in [0.1, 0.15) is 11.4 Å². The van der Waals surface area contributed by atoms with E-state index in [1.807, 2.05) is 30.3 Å². The summed E-state index contributed by atoms with van der Waals surface area (Å²) in [5.41, 5.74) is 2.11. The van der Waals surface area contributed by atoms with Crippen LogP contribution in [-0.4, -0.2) is 29.5 Å². The van der Waals surface area contributed by atoms with Crippen molar-refractivity contribution in [1.29, 1.82) is 0 Å². The third-order valence-corrected chi connectivity index (χ3v) is 3.78. The van der Waals surface area contributed by atoms with Crippen molar-refractivity contribution in [2.75, 3.05) is 24.3 Å². The number of benzene rings is 2. The van der Waals surface area contributed by atoms with Gasteiger partial charge < -0.3 is 15.4 Å². The Morgan fingerprint density at radius 2 is 1.81 bits per heavy atom. The monoisotopic (exact) mass is 348 g/mol. The first-order valence-electron chi connectivity index (χ1n) is 8.31. The molecule has 3 rings (SSSR count). The molecular weight excluding hydrogens is 328 g/mol. The molecule has 132 valence electrons. The average Bonchev–Trinajstić information content (AvgIpc) is 2.69. The Morgan fingerprint density at radius 1 is 1.04 bits per heavy atom. The molecule has 0 saturated carbocycles. The average molecular weight is 348 g/mol. The normalized spacial score (nSPS) is 10.2. The van der Waals surface area contributed by atoms with E-state index in [0.29, 0.717) is 23.9 Å². The predicted octanol–water partition coefficient (Wildman–Crippen LogP) is 3.39. The molecule has 0 aliphatic rings. The molecule has 0 radical (unpaired) electrons. The molecule has 0 unspecified atom stereocenters. The van der Waals surface area contributed by atoms with E-state index in [0.717, 1.165) is 6.42 Å². The standard InChI is InChI=1S/C20H20N4O2/c1-26-18-10-6-5-9-16(18)23-19(25)17-12-14-22-20(24-17)21-13-11-15-7-3-2-4-8-15/h2-10,12,14H,11,13H2,1H3,(H,23,25)(H,21,22,24). The van der Waals surface area contributed by atoms with Crippen molar-refractivity contribution in [3.8, 4) is 5.75 Å². The van der Waals surface area contributed by atoms with Gasteiger partial charge in [0.05, 0.1) is 12.8 Å². The lowest BCUT2D eigenvalue weighted by atomic mass is 10.1. The van der Waals surface area contributed by atoms with Crippen LogP contribution in [0.4, 0.5) is 11.6 Å². The molecule has 0 spiro atoms. The number of hydrogen-bond acceptors (Lipinski definition) is 5. The molecule has 0 atom stereocenters. The highest BCUT2D eigenvalue weighted by molar-refractivity contribution is 6.03.